The Kier molecular flexibility index (Phi) is 20.0. The summed E-state index contributed by atoms with van der Waals surface area (Å²) < 4.78 is 21.5. The number of azo groups is 2. The number of hydrogen-bond donors (Lipinski definition) is 2. The second-order valence-corrected chi connectivity index (χ2v) is 12.3. The SMILES string of the molecule is C=NC(C)(CCC(=O)O)N=NC(C)(CCC(=O)OC(C)OCCCCOC(C)OC(=O)CCC(C)(C#N)N=NC(C)(C#N)CCC(=O)O)N=C. The number of esters is 2. The molecule has 0 amide bonds. The smallest absolute Gasteiger partial charge is 0.308 e. The minimum atomic E-state index is -1.43. The fraction of sp³-hybridized carbons (Fsp3) is 0.750. The lowest BCUT2D eigenvalue weighted by atomic mass is 9.97. The van der Waals surface area contributed by atoms with Crippen LogP contribution in [0.4, 0.5) is 0 Å². The van der Waals surface area contributed by atoms with E-state index in [1.54, 1.807) is 27.7 Å². The Balaban J connectivity index is 4.49. The van der Waals surface area contributed by atoms with E-state index in [-0.39, 0.29) is 64.6 Å². The second-order valence-electron chi connectivity index (χ2n) is 12.3. The first kappa shape index (κ1) is 45.3. The van der Waals surface area contributed by atoms with Crippen molar-refractivity contribution in [3.05, 3.63) is 0 Å². The highest BCUT2D eigenvalue weighted by Gasteiger charge is 2.30. The maximum atomic E-state index is 12.3. The minimum absolute atomic E-state index is 0.0438. The van der Waals surface area contributed by atoms with Gasteiger partial charge in [-0.05, 0) is 80.7 Å². The molecule has 0 saturated carbocycles. The van der Waals surface area contributed by atoms with E-state index in [1.807, 2.05) is 12.1 Å². The highest BCUT2D eigenvalue weighted by atomic mass is 16.7. The number of rotatable bonds is 27. The van der Waals surface area contributed by atoms with Crippen molar-refractivity contribution in [2.75, 3.05) is 13.2 Å². The summed E-state index contributed by atoms with van der Waals surface area (Å²) in [4.78, 5) is 54.2. The van der Waals surface area contributed by atoms with Crippen molar-refractivity contribution in [1.29, 1.82) is 10.5 Å². The lowest BCUT2D eigenvalue weighted by Crippen LogP contribution is -2.26. The second kappa shape index (κ2) is 22.1. The molecule has 18 heteroatoms. The summed E-state index contributed by atoms with van der Waals surface area (Å²) in [6.07, 6.45) is -1.20. The number of unbranched alkanes of at least 4 members (excludes halogenated alkanes) is 1. The number of carbonyl (C=O) groups is 4. The fourth-order valence-corrected chi connectivity index (χ4v) is 3.65. The summed E-state index contributed by atoms with van der Waals surface area (Å²) in [6, 6.07) is 3.85. The van der Waals surface area contributed by atoms with E-state index in [0.29, 0.717) is 12.8 Å². The summed E-state index contributed by atoms with van der Waals surface area (Å²) in [7, 11) is 0. The predicted molar refractivity (Wildman–Crippen MR) is 178 cm³/mol. The standard InChI is InChI=1S/C32H50N8O10/c1-23(49-27(45)13-16-30(4,22-34)38-37-29(3,21-33)15-11-25(41)42)47-19-9-10-20-48-24(2)50-28(46)14-18-32(6,36-8)40-39-31(5,35-7)17-12-26(43)44/h23-24H,7-20H2,1-6H3,(H,41,42)(H,43,44). The van der Waals surface area contributed by atoms with E-state index in [9.17, 15) is 29.7 Å². The van der Waals surface area contributed by atoms with Crippen molar-refractivity contribution < 1.29 is 48.3 Å². The van der Waals surface area contributed by atoms with Gasteiger partial charge in [0, 0.05) is 38.5 Å². The molecular formula is C32H50N8O10. The monoisotopic (exact) mass is 706 g/mol. The van der Waals surface area contributed by atoms with E-state index < -0.39 is 58.9 Å². The van der Waals surface area contributed by atoms with Crippen LogP contribution in [0.2, 0.25) is 0 Å². The Bertz CT molecular complexity index is 1310. The first-order valence-corrected chi connectivity index (χ1v) is 16.0. The van der Waals surface area contributed by atoms with Gasteiger partial charge in [0.25, 0.3) is 0 Å². The maximum absolute atomic E-state index is 12.3. The van der Waals surface area contributed by atoms with Crippen LogP contribution in [0.15, 0.2) is 30.4 Å². The summed E-state index contributed by atoms with van der Waals surface area (Å²) in [5.41, 5.74) is -5.18. The maximum Gasteiger partial charge on any atom is 0.308 e. The lowest BCUT2D eigenvalue weighted by Gasteiger charge is -2.23. The predicted octanol–water partition coefficient (Wildman–Crippen LogP) is 5.17. The van der Waals surface area contributed by atoms with E-state index in [2.05, 4.69) is 43.9 Å². The van der Waals surface area contributed by atoms with Crippen molar-refractivity contribution in [2.45, 2.75) is 141 Å². The van der Waals surface area contributed by atoms with Crippen LogP contribution in [0.25, 0.3) is 0 Å². The summed E-state index contributed by atoms with van der Waals surface area (Å²) in [5, 5.41) is 52.8. The third-order valence-electron chi connectivity index (χ3n) is 7.23. The zero-order chi connectivity index (χ0) is 38.4. The molecule has 50 heavy (non-hydrogen) atoms. The molecule has 278 valence electrons. The Hall–Kier alpha value is -4.68. The van der Waals surface area contributed by atoms with Crippen LogP contribution in [0, 0.1) is 22.7 Å². The van der Waals surface area contributed by atoms with Gasteiger partial charge in [-0.25, -0.2) is 0 Å². The number of nitrogens with zero attached hydrogens (tertiary/aromatic N) is 8. The lowest BCUT2D eigenvalue weighted by molar-refractivity contribution is -0.179. The third kappa shape index (κ3) is 20.0. The van der Waals surface area contributed by atoms with Gasteiger partial charge in [-0.2, -0.15) is 31.0 Å². The molecule has 0 aliphatic rings. The molecule has 0 aromatic rings. The van der Waals surface area contributed by atoms with Crippen LogP contribution < -0.4 is 0 Å². The Morgan fingerprint density at radius 3 is 1.34 bits per heavy atom. The topological polar surface area (TPSA) is 267 Å². The zero-order valence-electron chi connectivity index (χ0n) is 29.8. The molecule has 0 rings (SSSR count). The average Bonchev–Trinajstić information content (AvgIpc) is 3.07. The molecule has 0 aromatic heterocycles. The molecule has 0 radical (unpaired) electrons. The molecule has 0 heterocycles. The number of nitriles is 2. The van der Waals surface area contributed by atoms with Gasteiger partial charge in [-0.1, -0.05) is 0 Å². The van der Waals surface area contributed by atoms with E-state index in [1.165, 1.54) is 13.8 Å². The van der Waals surface area contributed by atoms with Crippen LogP contribution in [0.5, 0.6) is 0 Å². The number of carbonyl (C=O) groups excluding carboxylic acids is 2. The molecular weight excluding hydrogens is 656 g/mol. The molecule has 2 N–H and O–H groups in total. The molecule has 0 saturated heterocycles. The van der Waals surface area contributed by atoms with Crippen LogP contribution in [-0.2, 0) is 38.1 Å². The van der Waals surface area contributed by atoms with Crippen LogP contribution in [0.1, 0.15) is 106 Å². The molecule has 0 spiro atoms. The number of carboxylic acids is 2. The number of aliphatic imine (C=N–C) groups is 2. The van der Waals surface area contributed by atoms with Gasteiger partial charge in [0.05, 0.1) is 25.4 Å². The molecule has 0 aliphatic heterocycles. The first-order valence-electron chi connectivity index (χ1n) is 16.0. The highest BCUT2D eigenvalue weighted by molar-refractivity contribution is 5.70. The molecule has 0 fully saturated rings. The largest absolute Gasteiger partial charge is 0.481 e. The average molecular weight is 707 g/mol. The van der Waals surface area contributed by atoms with E-state index in [0.717, 1.165) is 0 Å². The van der Waals surface area contributed by atoms with Crippen molar-refractivity contribution >= 4 is 37.3 Å². The van der Waals surface area contributed by atoms with Crippen molar-refractivity contribution in [1.82, 2.24) is 0 Å². The van der Waals surface area contributed by atoms with Gasteiger partial charge < -0.3 is 29.2 Å². The Labute approximate surface area is 292 Å². The number of aliphatic carboxylic acids is 2. The Morgan fingerprint density at radius 1 is 0.640 bits per heavy atom. The van der Waals surface area contributed by atoms with Gasteiger partial charge in [-0.3, -0.25) is 29.2 Å². The quantitative estimate of drug-likeness (QED) is 0.0368. The normalized spacial score (nSPS) is 17.4. The number of carboxylic acid groups (broad SMARTS) is 2. The van der Waals surface area contributed by atoms with Gasteiger partial charge >= 0.3 is 23.9 Å². The van der Waals surface area contributed by atoms with Crippen molar-refractivity contribution in [3.63, 3.8) is 0 Å². The molecule has 6 unspecified atom stereocenters. The molecule has 18 nitrogen and oxygen atoms in total. The van der Waals surface area contributed by atoms with Gasteiger partial charge in [-0.15, -0.1) is 0 Å². The zero-order valence-corrected chi connectivity index (χ0v) is 29.8. The minimum Gasteiger partial charge on any atom is -0.481 e. The summed E-state index contributed by atoms with van der Waals surface area (Å²) in [5.74, 6) is -3.27. The van der Waals surface area contributed by atoms with Gasteiger partial charge in [0.15, 0.2) is 35.0 Å². The fourth-order valence-electron chi connectivity index (χ4n) is 3.65. The summed E-state index contributed by atoms with van der Waals surface area (Å²) >= 11 is 0. The molecule has 6 atom stereocenters. The molecule has 0 aliphatic carbocycles. The number of ether oxygens (including phenoxy) is 4. The first-order chi connectivity index (χ1) is 23.3. The summed E-state index contributed by atoms with van der Waals surface area (Å²) in [6.45, 7) is 16.6. The highest BCUT2D eigenvalue weighted by Crippen LogP contribution is 2.26. The van der Waals surface area contributed by atoms with Crippen LogP contribution >= 0.6 is 0 Å². The number of hydrogen-bond acceptors (Lipinski definition) is 16. The van der Waals surface area contributed by atoms with Crippen LogP contribution in [0.3, 0.4) is 0 Å². The van der Waals surface area contributed by atoms with Crippen molar-refractivity contribution in [2.24, 2.45) is 30.4 Å². The molecule has 0 bridgehead atoms. The molecule has 0 aromatic carbocycles. The Morgan fingerprint density at radius 2 is 0.980 bits per heavy atom. The third-order valence-corrected chi connectivity index (χ3v) is 7.23. The van der Waals surface area contributed by atoms with E-state index >= 15 is 0 Å². The van der Waals surface area contributed by atoms with Crippen LogP contribution in [-0.4, -0.2) is 95.7 Å². The van der Waals surface area contributed by atoms with Crippen molar-refractivity contribution in [3.8, 4) is 12.1 Å². The van der Waals surface area contributed by atoms with Gasteiger partial charge in [0.1, 0.15) is 0 Å². The van der Waals surface area contributed by atoms with E-state index in [4.69, 9.17) is 29.2 Å². The van der Waals surface area contributed by atoms with Gasteiger partial charge in [0.2, 0.25) is 0 Å².